The van der Waals surface area contributed by atoms with Crippen molar-refractivity contribution in [2.45, 2.75) is 58.3 Å². The Balaban J connectivity index is 4.28. The Morgan fingerprint density at radius 3 is 1.69 bits per heavy atom. The SMILES string of the molecule is CC(C)C(C)(O)CC(O)C(C)(C)O. The zero-order valence-corrected chi connectivity index (χ0v) is 9.20. The van der Waals surface area contributed by atoms with Crippen LogP contribution in [0.5, 0.6) is 0 Å². The van der Waals surface area contributed by atoms with Gasteiger partial charge in [0.1, 0.15) is 0 Å². The minimum Gasteiger partial charge on any atom is -0.390 e. The van der Waals surface area contributed by atoms with Gasteiger partial charge in [-0.05, 0) is 26.7 Å². The van der Waals surface area contributed by atoms with Gasteiger partial charge in [-0.3, -0.25) is 0 Å². The summed E-state index contributed by atoms with van der Waals surface area (Å²) in [5.74, 6) is 0.0597. The Morgan fingerprint density at radius 2 is 1.46 bits per heavy atom. The molecule has 3 N–H and O–H groups in total. The van der Waals surface area contributed by atoms with Crippen LogP contribution in [0.3, 0.4) is 0 Å². The zero-order valence-electron chi connectivity index (χ0n) is 9.20. The monoisotopic (exact) mass is 190 g/mol. The van der Waals surface area contributed by atoms with Gasteiger partial charge in [0.05, 0.1) is 17.3 Å². The Morgan fingerprint density at radius 1 is 1.08 bits per heavy atom. The maximum atomic E-state index is 9.85. The summed E-state index contributed by atoms with van der Waals surface area (Å²) >= 11 is 0. The third-order valence-electron chi connectivity index (χ3n) is 2.67. The van der Waals surface area contributed by atoms with Crippen molar-refractivity contribution in [1.82, 2.24) is 0 Å². The summed E-state index contributed by atoms with van der Waals surface area (Å²) in [6.45, 7) is 8.52. The van der Waals surface area contributed by atoms with Crippen molar-refractivity contribution in [3.8, 4) is 0 Å². The topological polar surface area (TPSA) is 60.7 Å². The molecule has 0 aromatic rings. The van der Waals surface area contributed by atoms with Crippen molar-refractivity contribution in [1.29, 1.82) is 0 Å². The van der Waals surface area contributed by atoms with E-state index in [1.54, 1.807) is 6.92 Å². The molecule has 0 heterocycles. The van der Waals surface area contributed by atoms with Crippen LogP contribution in [-0.4, -0.2) is 32.6 Å². The van der Waals surface area contributed by atoms with Gasteiger partial charge in [0.25, 0.3) is 0 Å². The fourth-order valence-corrected chi connectivity index (χ4v) is 0.877. The van der Waals surface area contributed by atoms with Crippen molar-refractivity contribution >= 4 is 0 Å². The summed E-state index contributed by atoms with van der Waals surface area (Å²) in [4.78, 5) is 0. The first kappa shape index (κ1) is 12.9. The highest BCUT2D eigenvalue weighted by atomic mass is 16.3. The molecule has 0 fully saturated rings. The predicted octanol–water partition coefficient (Wildman–Crippen LogP) is 0.915. The summed E-state index contributed by atoms with van der Waals surface area (Å²) in [5.41, 5.74) is -2.09. The van der Waals surface area contributed by atoms with Gasteiger partial charge in [-0.15, -0.1) is 0 Å². The summed E-state index contributed by atoms with van der Waals surface area (Å²) in [7, 11) is 0. The average molecular weight is 190 g/mol. The van der Waals surface area contributed by atoms with Gasteiger partial charge in [0.15, 0.2) is 0 Å². The van der Waals surface area contributed by atoms with Crippen LogP contribution in [0.15, 0.2) is 0 Å². The maximum Gasteiger partial charge on any atom is 0.0850 e. The molecule has 80 valence electrons. The van der Waals surface area contributed by atoms with Gasteiger partial charge >= 0.3 is 0 Å². The molecule has 0 aliphatic carbocycles. The molecule has 2 unspecified atom stereocenters. The second-order valence-electron chi connectivity index (χ2n) is 4.89. The van der Waals surface area contributed by atoms with Crippen LogP contribution < -0.4 is 0 Å². The van der Waals surface area contributed by atoms with E-state index in [-0.39, 0.29) is 12.3 Å². The van der Waals surface area contributed by atoms with Gasteiger partial charge in [-0.2, -0.15) is 0 Å². The molecule has 0 radical (unpaired) electrons. The van der Waals surface area contributed by atoms with Crippen LogP contribution in [0.25, 0.3) is 0 Å². The minimum atomic E-state index is -1.15. The van der Waals surface area contributed by atoms with E-state index in [2.05, 4.69) is 0 Å². The van der Waals surface area contributed by atoms with Crippen LogP contribution in [0.4, 0.5) is 0 Å². The molecule has 0 aliphatic rings. The number of hydrogen-bond acceptors (Lipinski definition) is 3. The first-order valence-corrected chi connectivity index (χ1v) is 4.70. The van der Waals surface area contributed by atoms with Crippen LogP contribution in [0, 0.1) is 5.92 Å². The molecule has 2 atom stereocenters. The molecule has 0 rings (SSSR count). The lowest BCUT2D eigenvalue weighted by Gasteiger charge is -2.34. The summed E-state index contributed by atoms with van der Waals surface area (Å²) in [6.07, 6.45) is -0.710. The quantitative estimate of drug-likeness (QED) is 0.617. The summed E-state index contributed by atoms with van der Waals surface area (Å²) in [6, 6.07) is 0. The lowest BCUT2D eigenvalue weighted by molar-refractivity contribution is -0.101. The second kappa shape index (κ2) is 3.95. The third kappa shape index (κ3) is 4.07. The molecule has 0 saturated heterocycles. The highest BCUT2D eigenvalue weighted by molar-refractivity contribution is 4.86. The molecule has 13 heavy (non-hydrogen) atoms. The molecule has 0 spiro atoms. The number of aliphatic hydroxyl groups excluding tert-OH is 1. The number of hydrogen-bond donors (Lipinski definition) is 3. The van der Waals surface area contributed by atoms with E-state index in [1.165, 1.54) is 13.8 Å². The van der Waals surface area contributed by atoms with Crippen molar-refractivity contribution in [2.75, 3.05) is 0 Å². The highest BCUT2D eigenvalue weighted by Gasteiger charge is 2.34. The highest BCUT2D eigenvalue weighted by Crippen LogP contribution is 2.25. The van der Waals surface area contributed by atoms with Crippen molar-refractivity contribution in [3.63, 3.8) is 0 Å². The van der Waals surface area contributed by atoms with Gasteiger partial charge in [-0.25, -0.2) is 0 Å². The Hall–Kier alpha value is -0.120. The van der Waals surface area contributed by atoms with E-state index in [9.17, 15) is 15.3 Å². The Labute approximate surface area is 80.4 Å². The molecule has 0 bridgehead atoms. The van der Waals surface area contributed by atoms with Gasteiger partial charge in [-0.1, -0.05) is 13.8 Å². The number of aliphatic hydroxyl groups is 3. The molecule has 0 aromatic carbocycles. The van der Waals surface area contributed by atoms with E-state index in [4.69, 9.17) is 0 Å². The first-order valence-electron chi connectivity index (χ1n) is 4.70. The van der Waals surface area contributed by atoms with Crippen LogP contribution in [0.1, 0.15) is 41.0 Å². The van der Waals surface area contributed by atoms with Crippen molar-refractivity contribution in [3.05, 3.63) is 0 Å². The normalized spacial score (nSPS) is 20.1. The Bertz CT molecular complexity index is 156. The van der Waals surface area contributed by atoms with E-state index in [0.717, 1.165) is 0 Å². The summed E-state index contributed by atoms with van der Waals surface area (Å²) in [5, 5.41) is 28.9. The predicted molar refractivity (Wildman–Crippen MR) is 52.4 cm³/mol. The van der Waals surface area contributed by atoms with Crippen molar-refractivity contribution in [2.24, 2.45) is 5.92 Å². The molecule has 0 saturated carbocycles. The third-order valence-corrected chi connectivity index (χ3v) is 2.67. The molecular weight excluding hydrogens is 168 g/mol. The zero-order chi connectivity index (χ0) is 10.9. The fourth-order valence-electron chi connectivity index (χ4n) is 0.877. The molecule has 3 heteroatoms. The van der Waals surface area contributed by atoms with Crippen LogP contribution in [0.2, 0.25) is 0 Å². The lowest BCUT2D eigenvalue weighted by Crippen LogP contribution is -2.44. The van der Waals surface area contributed by atoms with Gasteiger partial charge in [0, 0.05) is 6.42 Å². The summed E-state index contributed by atoms with van der Waals surface area (Å²) < 4.78 is 0. The second-order valence-corrected chi connectivity index (χ2v) is 4.89. The van der Waals surface area contributed by atoms with E-state index in [0.29, 0.717) is 0 Å². The number of rotatable bonds is 4. The molecule has 0 aromatic heterocycles. The van der Waals surface area contributed by atoms with Gasteiger partial charge in [0.2, 0.25) is 0 Å². The largest absolute Gasteiger partial charge is 0.390 e. The Kier molecular flexibility index (Phi) is 3.91. The van der Waals surface area contributed by atoms with Gasteiger partial charge < -0.3 is 15.3 Å². The van der Waals surface area contributed by atoms with Crippen LogP contribution in [-0.2, 0) is 0 Å². The molecular formula is C10H22O3. The first-order chi connectivity index (χ1) is 5.57. The van der Waals surface area contributed by atoms with E-state index in [1.807, 2.05) is 13.8 Å². The smallest absolute Gasteiger partial charge is 0.0850 e. The van der Waals surface area contributed by atoms with Crippen LogP contribution >= 0.6 is 0 Å². The van der Waals surface area contributed by atoms with E-state index < -0.39 is 17.3 Å². The molecule has 0 amide bonds. The van der Waals surface area contributed by atoms with E-state index >= 15 is 0 Å². The fraction of sp³-hybridized carbons (Fsp3) is 1.00. The van der Waals surface area contributed by atoms with Crippen molar-refractivity contribution < 1.29 is 15.3 Å². The molecule has 3 nitrogen and oxygen atoms in total. The lowest BCUT2D eigenvalue weighted by atomic mass is 9.83. The maximum absolute atomic E-state index is 9.85. The minimum absolute atomic E-state index is 0.0597. The average Bonchev–Trinajstić information content (AvgIpc) is 1.83. The standard InChI is InChI=1S/C10H22O3/c1-7(2)10(5,13)6-8(11)9(3,4)12/h7-8,11-13H,6H2,1-5H3. The molecule has 0 aliphatic heterocycles.